The number of hydrogen-bond donors (Lipinski definition) is 1. The van der Waals surface area contributed by atoms with Crippen molar-refractivity contribution in [1.82, 2.24) is 0 Å². The van der Waals surface area contributed by atoms with E-state index in [-0.39, 0.29) is 0 Å². The van der Waals surface area contributed by atoms with Gasteiger partial charge in [-0.25, -0.2) is 0 Å². The van der Waals surface area contributed by atoms with E-state index in [9.17, 15) is 5.11 Å². The van der Waals surface area contributed by atoms with Crippen molar-refractivity contribution in [2.45, 2.75) is 12.5 Å². The average Bonchev–Trinajstić information content (AvgIpc) is 2.27. The number of hydrogen-bond acceptors (Lipinski definition) is 1. The highest BCUT2D eigenvalue weighted by Crippen LogP contribution is 2.08. The molecule has 0 aliphatic rings. The van der Waals surface area contributed by atoms with Gasteiger partial charge < -0.3 is 5.11 Å². The van der Waals surface area contributed by atoms with E-state index >= 15 is 0 Å². The largest absolute Gasteiger partial charge is 0.389 e. The first-order chi connectivity index (χ1) is 7.22. The molecule has 1 aromatic rings. The summed E-state index contributed by atoms with van der Waals surface area (Å²) in [5.74, 6) is 0.399. The first-order valence-electron chi connectivity index (χ1n) is 4.86. The molecule has 0 aromatic heterocycles. The first-order valence-corrected chi connectivity index (χ1v) is 5.39. The van der Waals surface area contributed by atoms with Crippen LogP contribution in [0.1, 0.15) is 12.0 Å². The molecule has 0 aliphatic carbocycles. The van der Waals surface area contributed by atoms with Crippen LogP contribution in [0.2, 0.25) is 0 Å². The van der Waals surface area contributed by atoms with Crippen LogP contribution in [0.4, 0.5) is 0 Å². The highest BCUT2D eigenvalue weighted by Gasteiger charge is 2.00. The van der Waals surface area contributed by atoms with E-state index < -0.39 is 6.10 Å². The number of aliphatic hydroxyl groups is 1. The summed E-state index contributed by atoms with van der Waals surface area (Å²) >= 11 is 5.58. The van der Waals surface area contributed by atoms with E-state index in [2.05, 4.69) is 6.58 Å². The minimum Gasteiger partial charge on any atom is -0.389 e. The molecular formula is C13H15ClO. The van der Waals surface area contributed by atoms with E-state index in [0.717, 1.165) is 11.1 Å². The molecule has 1 N–H and O–H groups in total. The number of alkyl halides is 1. The lowest BCUT2D eigenvalue weighted by Crippen LogP contribution is -2.03. The van der Waals surface area contributed by atoms with Crippen LogP contribution < -0.4 is 0 Å². The summed E-state index contributed by atoms with van der Waals surface area (Å²) in [6.07, 6.45) is 3.67. The topological polar surface area (TPSA) is 20.2 Å². The molecule has 2 heteroatoms. The van der Waals surface area contributed by atoms with Crippen molar-refractivity contribution in [1.29, 1.82) is 0 Å². The Balaban J connectivity index is 2.47. The summed E-state index contributed by atoms with van der Waals surface area (Å²) in [6, 6.07) is 9.86. The standard InChI is InChI=1S/C13H15ClO/c1-11(10-14)9-13(15)8-7-12-5-3-2-4-6-12/h2-8,13,15H,1,9-10H2/b8-7+. The van der Waals surface area contributed by atoms with Crippen molar-refractivity contribution in [3.8, 4) is 0 Å². The Morgan fingerprint density at radius 1 is 1.40 bits per heavy atom. The Morgan fingerprint density at radius 3 is 2.67 bits per heavy atom. The van der Waals surface area contributed by atoms with Crippen molar-refractivity contribution in [2.24, 2.45) is 0 Å². The SMILES string of the molecule is C=C(CCl)CC(O)/C=C/c1ccccc1. The minimum absolute atomic E-state index is 0.399. The zero-order valence-corrected chi connectivity index (χ0v) is 9.32. The number of benzene rings is 1. The molecule has 0 bridgehead atoms. The molecule has 0 saturated heterocycles. The zero-order chi connectivity index (χ0) is 11.1. The predicted molar refractivity (Wildman–Crippen MR) is 66.0 cm³/mol. The Hall–Kier alpha value is -1.05. The predicted octanol–water partition coefficient (Wildman–Crippen LogP) is 3.25. The lowest BCUT2D eigenvalue weighted by atomic mass is 10.1. The normalized spacial score (nSPS) is 12.9. The highest BCUT2D eigenvalue weighted by molar-refractivity contribution is 6.19. The molecule has 0 saturated carbocycles. The smallest absolute Gasteiger partial charge is 0.0761 e. The lowest BCUT2D eigenvalue weighted by molar-refractivity contribution is 0.225. The van der Waals surface area contributed by atoms with Gasteiger partial charge in [-0.2, -0.15) is 0 Å². The van der Waals surface area contributed by atoms with Crippen LogP contribution in [0.25, 0.3) is 6.08 Å². The molecule has 0 spiro atoms. The molecule has 15 heavy (non-hydrogen) atoms. The molecule has 0 radical (unpaired) electrons. The van der Waals surface area contributed by atoms with Gasteiger partial charge in [0.2, 0.25) is 0 Å². The van der Waals surface area contributed by atoms with Crippen LogP contribution in [0, 0.1) is 0 Å². The van der Waals surface area contributed by atoms with Gasteiger partial charge in [-0.05, 0) is 12.0 Å². The second-order valence-corrected chi connectivity index (χ2v) is 3.69. The van der Waals surface area contributed by atoms with Crippen LogP contribution in [0.3, 0.4) is 0 Å². The average molecular weight is 223 g/mol. The molecular weight excluding hydrogens is 208 g/mol. The van der Waals surface area contributed by atoms with Crippen LogP contribution >= 0.6 is 11.6 Å². The molecule has 1 atom stereocenters. The molecule has 1 unspecified atom stereocenters. The Bertz CT molecular complexity index is 330. The summed E-state index contributed by atoms with van der Waals surface area (Å²) in [7, 11) is 0. The maximum absolute atomic E-state index is 9.61. The highest BCUT2D eigenvalue weighted by atomic mass is 35.5. The number of rotatable bonds is 5. The maximum atomic E-state index is 9.61. The van der Waals surface area contributed by atoms with Crippen molar-refractivity contribution < 1.29 is 5.11 Å². The maximum Gasteiger partial charge on any atom is 0.0761 e. The first kappa shape index (κ1) is 12.0. The fourth-order valence-electron chi connectivity index (χ4n) is 1.20. The molecule has 0 amide bonds. The monoisotopic (exact) mass is 222 g/mol. The Labute approximate surface area is 95.7 Å². The molecule has 1 nitrogen and oxygen atoms in total. The minimum atomic E-state index is -0.503. The van der Waals surface area contributed by atoms with Gasteiger partial charge in [0.15, 0.2) is 0 Å². The molecule has 1 rings (SSSR count). The third-order valence-corrected chi connectivity index (χ3v) is 2.38. The van der Waals surface area contributed by atoms with Gasteiger partial charge in [-0.3, -0.25) is 0 Å². The van der Waals surface area contributed by atoms with Crippen molar-refractivity contribution >= 4 is 17.7 Å². The van der Waals surface area contributed by atoms with E-state index in [1.54, 1.807) is 6.08 Å². The van der Waals surface area contributed by atoms with Crippen molar-refractivity contribution in [3.63, 3.8) is 0 Å². The van der Waals surface area contributed by atoms with E-state index in [1.807, 2.05) is 36.4 Å². The Morgan fingerprint density at radius 2 is 2.07 bits per heavy atom. The second-order valence-electron chi connectivity index (χ2n) is 3.42. The Kier molecular flexibility index (Phi) is 5.16. The third-order valence-electron chi connectivity index (χ3n) is 2.00. The number of aliphatic hydroxyl groups excluding tert-OH is 1. The second kappa shape index (κ2) is 6.44. The van der Waals surface area contributed by atoms with Gasteiger partial charge in [-0.15, -0.1) is 11.6 Å². The number of halogens is 1. The van der Waals surface area contributed by atoms with Crippen molar-refractivity contribution in [2.75, 3.05) is 5.88 Å². The fourth-order valence-corrected chi connectivity index (χ4v) is 1.31. The van der Waals surface area contributed by atoms with Crippen molar-refractivity contribution in [3.05, 3.63) is 54.1 Å². The van der Waals surface area contributed by atoms with Crippen LogP contribution in [0.5, 0.6) is 0 Å². The summed E-state index contributed by atoms with van der Waals surface area (Å²) in [6.45, 7) is 3.74. The quantitative estimate of drug-likeness (QED) is 0.599. The summed E-state index contributed by atoms with van der Waals surface area (Å²) in [5.41, 5.74) is 1.93. The molecule has 0 fully saturated rings. The van der Waals surface area contributed by atoms with Gasteiger partial charge >= 0.3 is 0 Å². The van der Waals surface area contributed by atoms with Crippen LogP contribution in [-0.4, -0.2) is 17.1 Å². The van der Waals surface area contributed by atoms with Gasteiger partial charge in [0.05, 0.1) is 6.10 Å². The molecule has 0 aliphatic heterocycles. The third kappa shape index (κ3) is 4.82. The van der Waals surface area contributed by atoms with Gasteiger partial charge in [0, 0.05) is 5.88 Å². The summed E-state index contributed by atoms with van der Waals surface area (Å²) in [4.78, 5) is 0. The summed E-state index contributed by atoms with van der Waals surface area (Å²) in [5, 5.41) is 9.61. The van der Waals surface area contributed by atoms with Crippen LogP contribution in [0.15, 0.2) is 48.6 Å². The van der Waals surface area contributed by atoms with Gasteiger partial charge in [0.25, 0.3) is 0 Å². The lowest BCUT2D eigenvalue weighted by Gasteiger charge is -2.05. The molecule has 80 valence electrons. The van der Waals surface area contributed by atoms with Gasteiger partial charge in [-0.1, -0.05) is 54.6 Å². The van der Waals surface area contributed by atoms with E-state index in [4.69, 9.17) is 11.6 Å². The molecule has 1 aromatic carbocycles. The summed E-state index contributed by atoms with van der Waals surface area (Å²) < 4.78 is 0. The van der Waals surface area contributed by atoms with E-state index in [1.165, 1.54) is 0 Å². The van der Waals surface area contributed by atoms with Crippen LogP contribution in [-0.2, 0) is 0 Å². The molecule has 0 heterocycles. The van der Waals surface area contributed by atoms with Gasteiger partial charge in [0.1, 0.15) is 0 Å². The van der Waals surface area contributed by atoms with E-state index in [0.29, 0.717) is 12.3 Å². The fraction of sp³-hybridized carbons (Fsp3) is 0.231. The zero-order valence-electron chi connectivity index (χ0n) is 8.57.